The largest absolute Gasteiger partial charge is 0.472 e. The highest BCUT2D eigenvalue weighted by Gasteiger charge is 2.43. The second kappa shape index (κ2) is 6.69. The zero-order chi connectivity index (χ0) is 17.3. The van der Waals surface area contributed by atoms with E-state index in [1.54, 1.807) is 0 Å². The molecule has 2 atom stereocenters. The van der Waals surface area contributed by atoms with Crippen molar-refractivity contribution in [2.75, 3.05) is 13.1 Å². The van der Waals surface area contributed by atoms with E-state index in [1.807, 2.05) is 42.7 Å². The SMILES string of the molecule is c1cncc(C[C@@H]2[C@@H](Oc3ccc4ccccc4n3)C3CCN2CC3)c1. The molecule has 0 spiro atoms. The Morgan fingerprint density at radius 3 is 2.73 bits per heavy atom. The number of rotatable bonds is 4. The summed E-state index contributed by atoms with van der Waals surface area (Å²) in [5.41, 5.74) is 2.28. The molecular formula is C22H23N3O. The molecule has 0 N–H and O–H groups in total. The number of para-hydroxylation sites is 1. The molecule has 4 nitrogen and oxygen atoms in total. The van der Waals surface area contributed by atoms with Crippen molar-refractivity contribution in [3.8, 4) is 5.88 Å². The van der Waals surface area contributed by atoms with Crippen molar-refractivity contribution in [2.45, 2.75) is 31.4 Å². The standard InChI is InChI=1S/C22H23N3O/c1-2-6-19-17(5-1)7-8-21(24-19)26-22-18-9-12-25(13-10-18)20(22)14-16-4-3-11-23-15-16/h1-8,11,15,18,20,22H,9-10,12-14H2/t20-,22+/m1/s1. The quantitative estimate of drug-likeness (QED) is 0.722. The molecule has 6 rings (SSSR count). The summed E-state index contributed by atoms with van der Waals surface area (Å²) in [6.07, 6.45) is 7.45. The average Bonchev–Trinajstić information content (AvgIpc) is 2.71. The predicted molar refractivity (Wildman–Crippen MR) is 102 cm³/mol. The number of hydrogen-bond donors (Lipinski definition) is 0. The zero-order valence-corrected chi connectivity index (χ0v) is 14.8. The van der Waals surface area contributed by atoms with Crippen LogP contribution in [0.1, 0.15) is 18.4 Å². The first-order chi connectivity index (χ1) is 12.9. The summed E-state index contributed by atoms with van der Waals surface area (Å²) >= 11 is 0. The van der Waals surface area contributed by atoms with Crippen molar-refractivity contribution >= 4 is 10.9 Å². The summed E-state index contributed by atoms with van der Waals surface area (Å²) in [6, 6.07) is 16.9. The number of fused-ring (bicyclic) bond motifs is 4. The van der Waals surface area contributed by atoms with Gasteiger partial charge in [-0.05, 0) is 62.0 Å². The highest BCUT2D eigenvalue weighted by Crippen LogP contribution is 2.36. The first-order valence-electron chi connectivity index (χ1n) is 9.52. The van der Waals surface area contributed by atoms with Gasteiger partial charge in [0.15, 0.2) is 0 Å². The van der Waals surface area contributed by atoms with E-state index >= 15 is 0 Å². The Balaban J connectivity index is 1.42. The monoisotopic (exact) mass is 345 g/mol. The lowest BCUT2D eigenvalue weighted by atomic mass is 9.78. The van der Waals surface area contributed by atoms with Gasteiger partial charge in [0.25, 0.3) is 0 Å². The molecule has 3 aliphatic heterocycles. The Morgan fingerprint density at radius 1 is 1.00 bits per heavy atom. The van der Waals surface area contributed by atoms with Crippen molar-refractivity contribution in [1.82, 2.24) is 14.9 Å². The minimum absolute atomic E-state index is 0.200. The number of aromatic nitrogens is 2. The van der Waals surface area contributed by atoms with E-state index in [0.29, 0.717) is 12.0 Å². The lowest BCUT2D eigenvalue weighted by Gasteiger charge is -2.50. The van der Waals surface area contributed by atoms with E-state index in [9.17, 15) is 0 Å². The minimum atomic E-state index is 0.200. The van der Waals surface area contributed by atoms with E-state index in [4.69, 9.17) is 9.72 Å². The first-order valence-corrected chi connectivity index (χ1v) is 9.52. The number of benzene rings is 1. The van der Waals surface area contributed by atoms with Gasteiger partial charge in [-0.25, -0.2) is 4.98 Å². The Morgan fingerprint density at radius 2 is 1.88 bits per heavy atom. The van der Waals surface area contributed by atoms with Crippen LogP contribution in [-0.2, 0) is 6.42 Å². The van der Waals surface area contributed by atoms with Gasteiger partial charge in [-0.1, -0.05) is 24.3 Å². The Kier molecular flexibility index (Phi) is 4.06. The zero-order valence-electron chi connectivity index (χ0n) is 14.8. The van der Waals surface area contributed by atoms with E-state index in [0.717, 1.165) is 23.2 Å². The van der Waals surface area contributed by atoms with E-state index in [1.165, 1.54) is 31.5 Å². The maximum Gasteiger partial charge on any atom is 0.214 e. The van der Waals surface area contributed by atoms with Crippen LogP contribution in [-0.4, -0.2) is 40.1 Å². The van der Waals surface area contributed by atoms with Gasteiger partial charge in [0.1, 0.15) is 6.10 Å². The van der Waals surface area contributed by atoms with Gasteiger partial charge in [-0.15, -0.1) is 0 Å². The van der Waals surface area contributed by atoms with Crippen molar-refractivity contribution in [3.63, 3.8) is 0 Å². The number of pyridine rings is 2. The van der Waals surface area contributed by atoms with E-state index in [2.05, 4.69) is 28.1 Å². The minimum Gasteiger partial charge on any atom is -0.472 e. The Bertz CT molecular complexity index is 890. The average molecular weight is 345 g/mol. The third-order valence-corrected chi connectivity index (χ3v) is 5.88. The fourth-order valence-corrected chi connectivity index (χ4v) is 4.53. The molecule has 0 saturated carbocycles. The predicted octanol–water partition coefficient (Wildman–Crippen LogP) is 3.71. The third kappa shape index (κ3) is 2.95. The van der Waals surface area contributed by atoms with Gasteiger partial charge in [-0.3, -0.25) is 9.88 Å². The fraction of sp³-hybridized carbons (Fsp3) is 0.364. The lowest BCUT2D eigenvalue weighted by molar-refractivity contribution is -0.0594. The van der Waals surface area contributed by atoms with Crippen molar-refractivity contribution < 1.29 is 4.74 Å². The Hall–Kier alpha value is -2.46. The van der Waals surface area contributed by atoms with Gasteiger partial charge < -0.3 is 4.74 Å². The summed E-state index contributed by atoms with van der Waals surface area (Å²) in [7, 11) is 0. The number of ether oxygens (including phenoxy) is 1. The summed E-state index contributed by atoms with van der Waals surface area (Å²) in [6.45, 7) is 2.36. The highest BCUT2D eigenvalue weighted by atomic mass is 16.5. The molecule has 0 unspecified atom stereocenters. The second-order valence-electron chi connectivity index (χ2n) is 7.43. The fourth-order valence-electron chi connectivity index (χ4n) is 4.53. The van der Waals surface area contributed by atoms with Crippen LogP contribution >= 0.6 is 0 Å². The smallest absolute Gasteiger partial charge is 0.214 e. The van der Waals surface area contributed by atoms with Crippen LogP contribution in [0.2, 0.25) is 0 Å². The van der Waals surface area contributed by atoms with Crippen LogP contribution in [0.3, 0.4) is 0 Å². The van der Waals surface area contributed by atoms with E-state index < -0.39 is 0 Å². The normalized spacial score (nSPS) is 27.5. The molecule has 2 bridgehead atoms. The molecule has 0 aliphatic carbocycles. The highest BCUT2D eigenvalue weighted by molar-refractivity contribution is 5.78. The summed E-state index contributed by atoms with van der Waals surface area (Å²) < 4.78 is 6.51. The number of piperidine rings is 3. The van der Waals surface area contributed by atoms with Gasteiger partial charge in [0, 0.05) is 23.8 Å². The summed E-state index contributed by atoms with van der Waals surface area (Å²) in [5, 5.41) is 1.15. The molecule has 2 aromatic heterocycles. The number of nitrogens with zero attached hydrogens (tertiary/aromatic N) is 3. The van der Waals surface area contributed by atoms with Crippen molar-refractivity contribution in [2.24, 2.45) is 5.92 Å². The number of hydrogen-bond acceptors (Lipinski definition) is 4. The molecule has 4 heteroatoms. The molecule has 5 heterocycles. The molecule has 26 heavy (non-hydrogen) atoms. The molecular weight excluding hydrogens is 322 g/mol. The lowest BCUT2D eigenvalue weighted by Crippen LogP contribution is -2.60. The summed E-state index contributed by atoms with van der Waals surface area (Å²) in [5.74, 6) is 1.37. The van der Waals surface area contributed by atoms with Gasteiger partial charge in [0.2, 0.25) is 5.88 Å². The molecule has 0 amide bonds. The molecule has 132 valence electrons. The van der Waals surface area contributed by atoms with E-state index in [-0.39, 0.29) is 6.10 Å². The van der Waals surface area contributed by atoms with Crippen LogP contribution in [0.25, 0.3) is 10.9 Å². The first kappa shape index (κ1) is 15.8. The maximum atomic E-state index is 6.51. The van der Waals surface area contributed by atoms with Crippen LogP contribution < -0.4 is 4.74 Å². The van der Waals surface area contributed by atoms with Gasteiger partial charge >= 0.3 is 0 Å². The maximum absolute atomic E-state index is 6.51. The summed E-state index contributed by atoms with van der Waals surface area (Å²) in [4.78, 5) is 11.6. The van der Waals surface area contributed by atoms with Crippen LogP contribution in [0.4, 0.5) is 0 Å². The molecule has 1 aromatic carbocycles. The van der Waals surface area contributed by atoms with Crippen molar-refractivity contribution in [3.05, 3.63) is 66.5 Å². The molecule has 0 radical (unpaired) electrons. The third-order valence-electron chi connectivity index (χ3n) is 5.88. The molecule has 3 aliphatic rings. The van der Waals surface area contributed by atoms with Crippen molar-refractivity contribution in [1.29, 1.82) is 0 Å². The van der Waals surface area contributed by atoms with Crippen LogP contribution in [0, 0.1) is 5.92 Å². The molecule has 3 fully saturated rings. The van der Waals surface area contributed by atoms with Crippen LogP contribution in [0.5, 0.6) is 5.88 Å². The van der Waals surface area contributed by atoms with Gasteiger partial charge in [-0.2, -0.15) is 0 Å². The Labute approximate surface area is 153 Å². The topological polar surface area (TPSA) is 38.3 Å². The second-order valence-corrected chi connectivity index (χ2v) is 7.43. The molecule has 3 saturated heterocycles. The van der Waals surface area contributed by atoms with Gasteiger partial charge in [0.05, 0.1) is 11.6 Å². The molecule has 3 aromatic rings. The van der Waals surface area contributed by atoms with Crippen LogP contribution in [0.15, 0.2) is 60.9 Å².